The van der Waals surface area contributed by atoms with Gasteiger partial charge >= 0.3 is 0 Å². The number of allylic oxidation sites excluding steroid dienone is 1. The van der Waals surface area contributed by atoms with E-state index in [1.54, 1.807) is 21.3 Å². The third-order valence-electron chi connectivity index (χ3n) is 3.12. The van der Waals surface area contributed by atoms with Crippen LogP contribution in [0, 0.1) is 0 Å². The molecule has 1 aromatic rings. The highest BCUT2D eigenvalue weighted by Crippen LogP contribution is 2.42. The van der Waals surface area contributed by atoms with Crippen molar-refractivity contribution in [3.8, 4) is 17.2 Å². The molecule has 0 heterocycles. The molecule has 0 aliphatic rings. The van der Waals surface area contributed by atoms with E-state index >= 15 is 0 Å². The highest BCUT2D eigenvalue weighted by atomic mass is 16.5. The van der Waals surface area contributed by atoms with Gasteiger partial charge in [0.05, 0.1) is 21.3 Å². The van der Waals surface area contributed by atoms with Gasteiger partial charge in [-0.3, -0.25) is 0 Å². The van der Waals surface area contributed by atoms with Gasteiger partial charge in [-0.15, -0.1) is 6.58 Å². The van der Waals surface area contributed by atoms with Gasteiger partial charge in [0.15, 0.2) is 11.5 Å². The third kappa shape index (κ3) is 3.41. The molecule has 4 heteroatoms. The van der Waals surface area contributed by atoms with Crippen molar-refractivity contribution >= 4 is 0 Å². The molecule has 0 saturated carbocycles. The van der Waals surface area contributed by atoms with Crippen LogP contribution in [0.2, 0.25) is 0 Å². The van der Waals surface area contributed by atoms with Gasteiger partial charge in [-0.05, 0) is 32.0 Å². The van der Waals surface area contributed by atoms with Gasteiger partial charge in [-0.25, -0.2) is 0 Å². The van der Waals surface area contributed by atoms with E-state index in [-0.39, 0.29) is 6.04 Å². The number of nitrogens with one attached hydrogen (secondary N) is 1. The van der Waals surface area contributed by atoms with Gasteiger partial charge in [0.1, 0.15) is 0 Å². The second kappa shape index (κ2) is 7.69. The summed E-state index contributed by atoms with van der Waals surface area (Å²) >= 11 is 0. The topological polar surface area (TPSA) is 39.7 Å². The van der Waals surface area contributed by atoms with Crippen molar-refractivity contribution in [1.29, 1.82) is 0 Å². The molecule has 1 unspecified atom stereocenters. The van der Waals surface area contributed by atoms with E-state index in [4.69, 9.17) is 14.2 Å². The molecule has 0 bridgehead atoms. The minimum Gasteiger partial charge on any atom is -0.493 e. The Labute approximate surface area is 115 Å². The maximum Gasteiger partial charge on any atom is 0.203 e. The van der Waals surface area contributed by atoms with Gasteiger partial charge in [-0.1, -0.05) is 6.08 Å². The second-order valence-corrected chi connectivity index (χ2v) is 4.13. The Kier molecular flexibility index (Phi) is 6.22. The molecule has 106 valence electrons. The average Bonchev–Trinajstić information content (AvgIpc) is 2.46. The summed E-state index contributed by atoms with van der Waals surface area (Å²) in [7, 11) is 6.80. The molecule has 0 fully saturated rings. The summed E-state index contributed by atoms with van der Waals surface area (Å²) in [5.41, 5.74) is 1.06. The van der Waals surface area contributed by atoms with Crippen molar-refractivity contribution < 1.29 is 14.2 Å². The monoisotopic (exact) mass is 265 g/mol. The number of rotatable bonds is 8. The van der Waals surface area contributed by atoms with Crippen LogP contribution in [-0.2, 0) is 0 Å². The summed E-state index contributed by atoms with van der Waals surface area (Å²) in [6, 6.07) is 4.09. The molecule has 0 radical (unpaired) electrons. The molecule has 0 aliphatic carbocycles. The molecular weight excluding hydrogens is 242 g/mol. The van der Waals surface area contributed by atoms with Crippen molar-refractivity contribution in [2.75, 3.05) is 28.4 Å². The van der Waals surface area contributed by atoms with Crippen molar-refractivity contribution in [3.05, 3.63) is 30.4 Å². The lowest BCUT2D eigenvalue weighted by Gasteiger charge is -2.21. The van der Waals surface area contributed by atoms with E-state index in [1.165, 1.54) is 0 Å². The van der Waals surface area contributed by atoms with Crippen molar-refractivity contribution in [2.24, 2.45) is 0 Å². The summed E-state index contributed by atoms with van der Waals surface area (Å²) in [5.74, 6) is 2.01. The number of hydrogen-bond donors (Lipinski definition) is 1. The first kappa shape index (κ1) is 15.4. The summed E-state index contributed by atoms with van der Waals surface area (Å²) in [6.45, 7) is 3.76. The van der Waals surface area contributed by atoms with E-state index < -0.39 is 0 Å². The smallest absolute Gasteiger partial charge is 0.203 e. The van der Waals surface area contributed by atoms with Crippen LogP contribution in [0.1, 0.15) is 24.4 Å². The molecule has 0 aromatic heterocycles. The number of benzene rings is 1. The zero-order chi connectivity index (χ0) is 14.3. The minimum atomic E-state index is 0.188. The van der Waals surface area contributed by atoms with Crippen molar-refractivity contribution in [1.82, 2.24) is 5.32 Å². The molecule has 1 N–H and O–H groups in total. The second-order valence-electron chi connectivity index (χ2n) is 4.13. The van der Waals surface area contributed by atoms with Gasteiger partial charge < -0.3 is 19.5 Å². The van der Waals surface area contributed by atoms with E-state index in [0.717, 1.165) is 18.4 Å². The maximum atomic E-state index is 5.50. The zero-order valence-electron chi connectivity index (χ0n) is 12.2. The lowest BCUT2D eigenvalue weighted by molar-refractivity contribution is 0.319. The highest BCUT2D eigenvalue weighted by molar-refractivity contribution is 5.56. The van der Waals surface area contributed by atoms with Crippen LogP contribution in [0.15, 0.2) is 24.8 Å². The van der Waals surface area contributed by atoms with E-state index in [2.05, 4.69) is 11.9 Å². The van der Waals surface area contributed by atoms with Crippen LogP contribution in [0.4, 0.5) is 0 Å². The molecule has 1 aromatic carbocycles. The predicted molar refractivity (Wildman–Crippen MR) is 77.3 cm³/mol. The molecule has 4 nitrogen and oxygen atoms in total. The quantitative estimate of drug-likeness (QED) is 0.734. The van der Waals surface area contributed by atoms with Crippen LogP contribution >= 0.6 is 0 Å². The van der Waals surface area contributed by atoms with Crippen LogP contribution in [0.25, 0.3) is 0 Å². The number of hydrogen-bond acceptors (Lipinski definition) is 4. The molecule has 1 atom stereocenters. The first-order valence-corrected chi connectivity index (χ1v) is 6.30. The summed E-state index contributed by atoms with van der Waals surface area (Å²) in [4.78, 5) is 0. The molecular formula is C15H23NO3. The third-order valence-corrected chi connectivity index (χ3v) is 3.12. The fraction of sp³-hybridized carbons (Fsp3) is 0.467. The normalized spacial score (nSPS) is 11.8. The van der Waals surface area contributed by atoms with Crippen LogP contribution in [-0.4, -0.2) is 28.4 Å². The standard InChI is InChI=1S/C15H23NO3/c1-6-7-8-12(16-2)11-9-10-13(17-3)15(19-5)14(11)18-4/h6,9-10,12,16H,1,7-8H2,2-5H3. The lowest BCUT2D eigenvalue weighted by atomic mass is 10.00. The van der Waals surface area contributed by atoms with Crippen molar-refractivity contribution in [2.45, 2.75) is 18.9 Å². The Balaban J connectivity index is 3.21. The Morgan fingerprint density at radius 2 is 1.84 bits per heavy atom. The largest absolute Gasteiger partial charge is 0.493 e. The first-order valence-electron chi connectivity index (χ1n) is 6.30. The summed E-state index contributed by atoms with van der Waals surface area (Å²) < 4.78 is 16.2. The SMILES string of the molecule is C=CCCC(NC)c1ccc(OC)c(OC)c1OC. The highest BCUT2D eigenvalue weighted by Gasteiger charge is 2.20. The number of methoxy groups -OCH3 is 3. The molecule has 0 saturated heterocycles. The molecule has 0 aliphatic heterocycles. The Morgan fingerprint density at radius 1 is 1.16 bits per heavy atom. The maximum absolute atomic E-state index is 5.50. The lowest BCUT2D eigenvalue weighted by Crippen LogP contribution is -2.17. The Bertz CT molecular complexity index is 418. The fourth-order valence-electron chi connectivity index (χ4n) is 2.14. The van der Waals surface area contributed by atoms with E-state index in [1.807, 2.05) is 25.3 Å². The van der Waals surface area contributed by atoms with Crippen molar-refractivity contribution in [3.63, 3.8) is 0 Å². The van der Waals surface area contributed by atoms with E-state index in [0.29, 0.717) is 17.2 Å². The van der Waals surface area contributed by atoms with Gasteiger partial charge in [-0.2, -0.15) is 0 Å². The molecule has 19 heavy (non-hydrogen) atoms. The number of ether oxygens (including phenoxy) is 3. The average molecular weight is 265 g/mol. The van der Waals surface area contributed by atoms with Crippen LogP contribution in [0.5, 0.6) is 17.2 Å². The molecule has 1 rings (SSSR count). The van der Waals surface area contributed by atoms with E-state index in [9.17, 15) is 0 Å². The van der Waals surface area contributed by atoms with Gasteiger partial charge in [0, 0.05) is 11.6 Å². The Morgan fingerprint density at radius 3 is 2.32 bits per heavy atom. The molecule has 0 spiro atoms. The first-order chi connectivity index (χ1) is 9.23. The Hall–Kier alpha value is -1.68. The minimum absolute atomic E-state index is 0.188. The predicted octanol–water partition coefficient (Wildman–Crippen LogP) is 2.94. The van der Waals surface area contributed by atoms with Gasteiger partial charge in [0.2, 0.25) is 5.75 Å². The van der Waals surface area contributed by atoms with Crippen LogP contribution < -0.4 is 19.5 Å². The summed E-state index contributed by atoms with van der Waals surface area (Å²) in [6.07, 6.45) is 3.80. The van der Waals surface area contributed by atoms with Crippen LogP contribution in [0.3, 0.4) is 0 Å². The fourth-order valence-corrected chi connectivity index (χ4v) is 2.14. The van der Waals surface area contributed by atoms with Gasteiger partial charge in [0.25, 0.3) is 0 Å². The zero-order valence-corrected chi connectivity index (χ0v) is 12.2. The molecule has 0 amide bonds. The summed E-state index contributed by atoms with van der Waals surface area (Å²) in [5, 5.41) is 3.29.